The van der Waals surface area contributed by atoms with E-state index in [1.807, 2.05) is 6.92 Å². The third-order valence-electron chi connectivity index (χ3n) is 6.39. The van der Waals surface area contributed by atoms with Crippen LogP contribution >= 0.6 is 11.6 Å². The normalized spacial score (nSPS) is 20.0. The molecule has 0 aromatic heterocycles. The van der Waals surface area contributed by atoms with E-state index in [-0.39, 0.29) is 23.1 Å². The molecule has 7 heteroatoms. The van der Waals surface area contributed by atoms with E-state index in [0.717, 1.165) is 24.8 Å². The van der Waals surface area contributed by atoms with E-state index in [2.05, 4.69) is 26.1 Å². The molecule has 2 aromatic carbocycles. The van der Waals surface area contributed by atoms with Crippen LogP contribution in [0.25, 0.3) is 0 Å². The Hall–Kier alpha value is -2.86. The second-order valence-corrected chi connectivity index (χ2v) is 9.84. The van der Waals surface area contributed by atoms with Crippen LogP contribution in [-0.4, -0.2) is 30.6 Å². The molecule has 0 spiro atoms. The SMILES string of the molecule is Cc1ccc(Cl)cc1NC(=O)COC(=O)c1ccccc1C(=O)O[C@@H]1C[C@@H](C)CC[C@H]1C(C)C. The van der Waals surface area contributed by atoms with Gasteiger partial charge in [-0.25, -0.2) is 9.59 Å². The van der Waals surface area contributed by atoms with Gasteiger partial charge in [0.2, 0.25) is 0 Å². The molecule has 0 bridgehead atoms. The zero-order chi connectivity index (χ0) is 24.8. The minimum atomic E-state index is -0.761. The maximum atomic E-state index is 13.0. The number of carbonyl (C=O) groups is 3. The number of aryl methyl sites for hydroxylation is 1. The van der Waals surface area contributed by atoms with Gasteiger partial charge < -0.3 is 14.8 Å². The molecule has 0 saturated heterocycles. The van der Waals surface area contributed by atoms with Crippen molar-refractivity contribution in [2.45, 2.75) is 53.1 Å². The fourth-order valence-electron chi connectivity index (χ4n) is 4.41. The summed E-state index contributed by atoms with van der Waals surface area (Å²) in [5.41, 5.74) is 1.58. The molecule has 6 nitrogen and oxygen atoms in total. The summed E-state index contributed by atoms with van der Waals surface area (Å²) in [5, 5.41) is 3.16. The van der Waals surface area contributed by atoms with Crippen molar-refractivity contribution in [3.63, 3.8) is 0 Å². The summed E-state index contributed by atoms with van der Waals surface area (Å²) >= 11 is 5.98. The van der Waals surface area contributed by atoms with Gasteiger partial charge in [0.25, 0.3) is 5.91 Å². The van der Waals surface area contributed by atoms with Gasteiger partial charge in [-0.05, 0) is 67.3 Å². The first-order valence-electron chi connectivity index (χ1n) is 11.7. The van der Waals surface area contributed by atoms with Gasteiger partial charge in [-0.1, -0.05) is 57.0 Å². The molecule has 0 unspecified atom stereocenters. The van der Waals surface area contributed by atoms with Crippen LogP contribution in [0.4, 0.5) is 5.69 Å². The zero-order valence-corrected chi connectivity index (χ0v) is 20.9. The van der Waals surface area contributed by atoms with Crippen molar-refractivity contribution >= 4 is 35.1 Å². The molecule has 1 aliphatic rings. The maximum absolute atomic E-state index is 13.0. The summed E-state index contributed by atoms with van der Waals surface area (Å²) in [6.07, 6.45) is 2.76. The van der Waals surface area contributed by atoms with Crippen molar-refractivity contribution in [2.75, 3.05) is 11.9 Å². The molecular weight excluding hydrogens is 454 g/mol. The Morgan fingerprint density at radius 3 is 2.41 bits per heavy atom. The van der Waals surface area contributed by atoms with E-state index < -0.39 is 24.5 Å². The Morgan fingerprint density at radius 1 is 1.06 bits per heavy atom. The number of carbonyl (C=O) groups excluding carboxylic acids is 3. The number of anilines is 1. The molecule has 0 aliphatic heterocycles. The van der Waals surface area contributed by atoms with Crippen LogP contribution in [0.2, 0.25) is 5.02 Å². The lowest BCUT2D eigenvalue weighted by Crippen LogP contribution is -2.36. The number of nitrogens with one attached hydrogen (secondary N) is 1. The highest BCUT2D eigenvalue weighted by atomic mass is 35.5. The molecule has 1 N–H and O–H groups in total. The van der Waals surface area contributed by atoms with E-state index >= 15 is 0 Å². The smallest absolute Gasteiger partial charge is 0.339 e. The molecule has 1 fully saturated rings. The second-order valence-electron chi connectivity index (χ2n) is 9.40. The van der Waals surface area contributed by atoms with E-state index in [9.17, 15) is 14.4 Å². The van der Waals surface area contributed by atoms with Gasteiger partial charge in [-0.2, -0.15) is 0 Å². The number of amides is 1. The third kappa shape index (κ3) is 6.60. The number of hydrogen-bond donors (Lipinski definition) is 1. The molecule has 182 valence electrons. The Bertz CT molecular complexity index is 1050. The van der Waals surface area contributed by atoms with Crippen LogP contribution in [0.5, 0.6) is 0 Å². The average molecular weight is 486 g/mol. The Morgan fingerprint density at radius 2 is 1.74 bits per heavy atom. The van der Waals surface area contributed by atoms with Crippen molar-refractivity contribution in [2.24, 2.45) is 17.8 Å². The number of halogens is 1. The topological polar surface area (TPSA) is 81.7 Å². The summed E-state index contributed by atoms with van der Waals surface area (Å²) in [4.78, 5) is 38.1. The molecule has 0 heterocycles. The average Bonchev–Trinajstić information content (AvgIpc) is 2.79. The van der Waals surface area contributed by atoms with E-state index in [1.165, 1.54) is 6.07 Å². The van der Waals surface area contributed by atoms with Gasteiger partial charge >= 0.3 is 11.9 Å². The number of hydrogen-bond acceptors (Lipinski definition) is 5. The first-order chi connectivity index (χ1) is 16.2. The fraction of sp³-hybridized carbons (Fsp3) is 0.444. The Labute approximate surface area is 206 Å². The van der Waals surface area contributed by atoms with Crippen LogP contribution in [0.3, 0.4) is 0 Å². The van der Waals surface area contributed by atoms with E-state index in [4.69, 9.17) is 21.1 Å². The van der Waals surface area contributed by atoms with Crippen LogP contribution in [0.1, 0.15) is 66.3 Å². The van der Waals surface area contributed by atoms with Gasteiger partial charge in [0.05, 0.1) is 11.1 Å². The lowest BCUT2D eigenvalue weighted by atomic mass is 9.75. The standard InChI is InChI=1S/C27H32ClNO5/c1-16(2)20-12-9-17(3)13-24(20)34-27(32)22-8-6-5-7-21(22)26(31)33-15-25(30)29-23-14-19(28)11-10-18(23)4/h5-8,10-11,14,16-17,20,24H,9,12-13,15H2,1-4H3,(H,29,30)/t17-,20-,24+/m0/s1. The van der Waals surface area contributed by atoms with E-state index in [1.54, 1.807) is 36.4 Å². The molecule has 1 saturated carbocycles. The summed E-state index contributed by atoms with van der Waals surface area (Å²) in [7, 11) is 0. The van der Waals surface area contributed by atoms with Gasteiger partial charge in [-0.15, -0.1) is 0 Å². The number of ether oxygens (including phenoxy) is 2. The van der Waals surface area contributed by atoms with Gasteiger partial charge in [0, 0.05) is 10.7 Å². The molecule has 0 radical (unpaired) electrons. The lowest BCUT2D eigenvalue weighted by Gasteiger charge is -2.36. The van der Waals surface area contributed by atoms with Crippen LogP contribution in [0, 0.1) is 24.7 Å². The van der Waals surface area contributed by atoms with Crippen molar-refractivity contribution < 1.29 is 23.9 Å². The third-order valence-corrected chi connectivity index (χ3v) is 6.63. The minimum Gasteiger partial charge on any atom is -0.458 e. The second kappa shape index (κ2) is 11.5. The molecular formula is C27H32ClNO5. The maximum Gasteiger partial charge on any atom is 0.339 e. The molecule has 1 amide bonds. The number of benzene rings is 2. The summed E-state index contributed by atoms with van der Waals surface area (Å²) in [6, 6.07) is 11.5. The predicted molar refractivity (Wildman–Crippen MR) is 132 cm³/mol. The summed E-state index contributed by atoms with van der Waals surface area (Å²) in [5.74, 6) is -0.645. The van der Waals surface area contributed by atoms with Crippen molar-refractivity contribution in [3.8, 4) is 0 Å². The first kappa shape index (κ1) is 25.8. The highest BCUT2D eigenvalue weighted by molar-refractivity contribution is 6.31. The summed E-state index contributed by atoms with van der Waals surface area (Å²) < 4.78 is 11.1. The lowest BCUT2D eigenvalue weighted by molar-refractivity contribution is -0.119. The minimum absolute atomic E-state index is 0.0733. The van der Waals surface area contributed by atoms with Crippen molar-refractivity contribution in [1.82, 2.24) is 0 Å². The van der Waals surface area contributed by atoms with Gasteiger partial charge in [-0.3, -0.25) is 4.79 Å². The van der Waals surface area contributed by atoms with Gasteiger partial charge in [0.1, 0.15) is 6.10 Å². The number of rotatable bonds is 7. The quantitative estimate of drug-likeness (QED) is 0.482. The predicted octanol–water partition coefficient (Wildman–Crippen LogP) is 6.06. The first-order valence-corrected chi connectivity index (χ1v) is 12.1. The van der Waals surface area contributed by atoms with Crippen LogP contribution in [-0.2, 0) is 14.3 Å². The molecule has 34 heavy (non-hydrogen) atoms. The molecule has 2 aromatic rings. The van der Waals surface area contributed by atoms with Crippen LogP contribution in [0.15, 0.2) is 42.5 Å². The molecule has 3 rings (SSSR count). The fourth-order valence-corrected chi connectivity index (χ4v) is 4.59. The van der Waals surface area contributed by atoms with Gasteiger partial charge in [0.15, 0.2) is 6.61 Å². The number of esters is 2. The Balaban J connectivity index is 1.65. The highest BCUT2D eigenvalue weighted by Crippen LogP contribution is 2.36. The summed E-state index contributed by atoms with van der Waals surface area (Å²) in [6.45, 7) is 7.78. The van der Waals surface area contributed by atoms with Crippen molar-refractivity contribution in [3.05, 3.63) is 64.2 Å². The Kier molecular flexibility index (Phi) is 8.72. The molecule has 1 aliphatic carbocycles. The van der Waals surface area contributed by atoms with E-state index in [0.29, 0.717) is 22.5 Å². The highest BCUT2D eigenvalue weighted by Gasteiger charge is 2.34. The largest absolute Gasteiger partial charge is 0.458 e. The molecule has 3 atom stereocenters. The van der Waals surface area contributed by atoms with Crippen LogP contribution < -0.4 is 5.32 Å². The zero-order valence-electron chi connectivity index (χ0n) is 20.1. The van der Waals surface area contributed by atoms with Crippen molar-refractivity contribution in [1.29, 1.82) is 0 Å². The monoisotopic (exact) mass is 485 g/mol.